The number of fused-ring (bicyclic) bond motifs is 1. The van der Waals surface area contributed by atoms with Crippen LogP contribution in [0.3, 0.4) is 0 Å². The van der Waals surface area contributed by atoms with Gasteiger partial charge in [0.2, 0.25) is 0 Å². The molecule has 3 rings (SSSR count). The van der Waals surface area contributed by atoms with Crippen molar-refractivity contribution in [1.29, 1.82) is 0 Å². The SMILES string of the molecule is COC1CCCC(CN)(N2CCCc3ccccc32)C1. The molecule has 1 saturated carbocycles. The summed E-state index contributed by atoms with van der Waals surface area (Å²) in [5.41, 5.74) is 9.22. The molecule has 2 N–H and O–H groups in total. The van der Waals surface area contributed by atoms with Gasteiger partial charge in [0.1, 0.15) is 0 Å². The molecule has 1 aromatic carbocycles. The molecule has 2 aliphatic rings. The first-order valence-corrected chi connectivity index (χ1v) is 7.87. The molecule has 0 aromatic heterocycles. The number of para-hydroxylation sites is 1. The van der Waals surface area contributed by atoms with Gasteiger partial charge in [0.05, 0.1) is 11.6 Å². The molecule has 20 heavy (non-hydrogen) atoms. The van der Waals surface area contributed by atoms with Crippen molar-refractivity contribution in [3.63, 3.8) is 0 Å². The molecule has 3 heteroatoms. The molecular formula is C17H26N2O. The lowest BCUT2D eigenvalue weighted by Crippen LogP contribution is -2.59. The summed E-state index contributed by atoms with van der Waals surface area (Å²) in [6, 6.07) is 8.83. The van der Waals surface area contributed by atoms with E-state index >= 15 is 0 Å². The van der Waals surface area contributed by atoms with E-state index in [9.17, 15) is 0 Å². The number of benzene rings is 1. The van der Waals surface area contributed by atoms with Gasteiger partial charge in [-0.25, -0.2) is 0 Å². The van der Waals surface area contributed by atoms with E-state index in [1.807, 2.05) is 7.11 Å². The summed E-state index contributed by atoms with van der Waals surface area (Å²) >= 11 is 0. The van der Waals surface area contributed by atoms with Crippen molar-refractivity contribution >= 4 is 5.69 Å². The van der Waals surface area contributed by atoms with Gasteiger partial charge in [-0.15, -0.1) is 0 Å². The molecule has 0 bridgehead atoms. The molecule has 1 fully saturated rings. The lowest BCUT2D eigenvalue weighted by Gasteiger charge is -2.51. The maximum atomic E-state index is 6.25. The third-order valence-corrected chi connectivity index (χ3v) is 5.17. The van der Waals surface area contributed by atoms with E-state index in [-0.39, 0.29) is 5.54 Å². The Kier molecular flexibility index (Phi) is 3.99. The number of nitrogens with two attached hydrogens (primary N) is 1. The van der Waals surface area contributed by atoms with Crippen LogP contribution in [-0.4, -0.2) is 31.8 Å². The first-order valence-electron chi connectivity index (χ1n) is 7.87. The van der Waals surface area contributed by atoms with Crippen LogP contribution in [0, 0.1) is 0 Å². The summed E-state index contributed by atoms with van der Waals surface area (Å²) in [4.78, 5) is 2.59. The maximum Gasteiger partial charge on any atom is 0.0594 e. The van der Waals surface area contributed by atoms with Crippen molar-refractivity contribution < 1.29 is 4.74 Å². The Morgan fingerprint density at radius 1 is 1.35 bits per heavy atom. The summed E-state index contributed by atoms with van der Waals surface area (Å²) in [6.07, 6.45) is 7.44. The third kappa shape index (κ3) is 2.33. The third-order valence-electron chi connectivity index (χ3n) is 5.17. The van der Waals surface area contributed by atoms with Gasteiger partial charge in [-0.2, -0.15) is 0 Å². The number of ether oxygens (including phenoxy) is 1. The summed E-state index contributed by atoms with van der Waals surface area (Å²) in [5.74, 6) is 0. The van der Waals surface area contributed by atoms with E-state index < -0.39 is 0 Å². The predicted octanol–water partition coefficient (Wildman–Crippen LogP) is 2.73. The number of anilines is 1. The minimum Gasteiger partial charge on any atom is -0.381 e. The molecule has 1 heterocycles. The first kappa shape index (κ1) is 13.9. The fourth-order valence-corrected chi connectivity index (χ4v) is 4.05. The summed E-state index contributed by atoms with van der Waals surface area (Å²) in [6.45, 7) is 1.85. The number of nitrogens with zero attached hydrogens (tertiary/aromatic N) is 1. The monoisotopic (exact) mass is 274 g/mol. The van der Waals surface area contributed by atoms with Crippen molar-refractivity contribution in [2.45, 2.75) is 50.2 Å². The van der Waals surface area contributed by atoms with Crippen LogP contribution in [0.15, 0.2) is 24.3 Å². The molecule has 0 saturated heterocycles. The van der Waals surface area contributed by atoms with Crippen LogP contribution < -0.4 is 10.6 Å². The van der Waals surface area contributed by atoms with Gasteiger partial charge in [0, 0.05) is 25.9 Å². The van der Waals surface area contributed by atoms with Crippen molar-refractivity contribution in [3.8, 4) is 0 Å². The summed E-state index contributed by atoms with van der Waals surface area (Å²) in [5, 5.41) is 0. The topological polar surface area (TPSA) is 38.5 Å². The molecule has 2 unspecified atom stereocenters. The van der Waals surface area contributed by atoms with Crippen LogP contribution in [0.1, 0.15) is 37.7 Å². The van der Waals surface area contributed by atoms with E-state index in [0.717, 1.165) is 19.5 Å². The van der Waals surface area contributed by atoms with Crippen LogP contribution in [0.4, 0.5) is 5.69 Å². The Morgan fingerprint density at radius 2 is 2.20 bits per heavy atom. The van der Waals surface area contributed by atoms with Gasteiger partial charge in [0.15, 0.2) is 0 Å². The second-order valence-electron chi connectivity index (χ2n) is 6.27. The smallest absolute Gasteiger partial charge is 0.0594 e. The van der Waals surface area contributed by atoms with Gasteiger partial charge in [-0.1, -0.05) is 18.2 Å². The zero-order valence-corrected chi connectivity index (χ0v) is 12.5. The quantitative estimate of drug-likeness (QED) is 0.921. The van der Waals surface area contributed by atoms with Crippen molar-refractivity contribution in [2.24, 2.45) is 5.73 Å². The molecule has 0 amide bonds. The van der Waals surface area contributed by atoms with Crippen LogP contribution >= 0.6 is 0 Å². The Balaban J connectivity index is 1.94. The van der Waals surface area contributed by atoms with Crippen molar-refractivity contribution in [2.75, 3.05) is 25.1 Å². The van der Waals surface area contributed by atoms with Crippen LogP contribution in [-0.2, 0) is 11.2 Å². The zero-order valence-electron chi connectivity index (χ0n) is 12.5. The molecule has 2 atom stereocenters. The summed E-state index contributed by atoms with van der Waals surface area (Å²) < 4.78 is 5.64. The highest BCUT2D eigenvalue weighted by Gasteiger charge is 2.41. The van der Waals surface area contributed by atoms with Gasteiger partial charge in [0.25, 0.3) is 0 Å². The average Bonchev–Trinajstić information content (AvgIpc) is 2.54. The molecule has 110 valence electrons. The average molecular weight is 274 g/mol. The normalized spacial score (nSPS) is 30.1. The molecule has 1 aliphatic heterocycles. The largest absolute Gasteiger partial charge is 0.381 e. The fraction of sp³-hybridized carbons (Fsp3) is 0.647. The number of hydrogen-bond donors (Lipinski definition) is 1. The minimum atomic E-state index is 0.0927. The standard InChI is InChI=1S/C17H26N2O/c1-20-15-8-4-10-17(12-15,13-18)19-11-5-7-14-6-2-3-9-16(14)19/h2-3,6,9,15H,4-5,7-8,10-13,18H2,1H3. The van der Waals surface area contributed by atoms with E-state index in [1.54, 1.807) is 0 Å². The van der Waals surface area contributed by atoms with Gasteiger partial charge in [-0.05, 0) is 50.2 Å². The van der Waals surface area contributed by atoms with E-state index in [2.05, 4.69) is 29.2 Å². The van der Waals surface area contributed by atoms with Crippen LogP contribution in [0.5, 0.6) is 0 Å². The first-order chi connectivity index (χ1) is 9.79. The van der Waals surface area contributed by atoms with E-state index in [0.29, 0.717) is 6.10 Å². The van der Waals surface area contributed by atoms with E-state index in [1.165, 1.54) is 43.4 Å². The second kappa shape index (κ2) is 5.74. The predicted molar refractivity (Wildman–Crippen MR) is 83.2 cm³/mol. The molecule has 3 nitrogen and oxygen atoms in total. The molecule has 0 spiro atoms. The Labute approximate surface area is 122 Å². The van der Waals surface area contributed by atoms with Gasteiger partial charge >= 0.3 is 0 Å². The lowest BCUT2D eigenvalue weighted by molar-refractivity contribution is 0.0407. The Hall–Kier alpha value is -1.06. The van der Waals surface area contributed by atoms with Gasteiger partial charge in [-0.3, -0.25) is 0 Å². The van der Waals surface area contributed by atoms with Gasteiger partial charge < -0.3 is 15.4 Å². The Bertz CT molecular complexity index is 462. The van der Waals surface area contributed by atoms with Crippen molar-refractivity contribution in [3.05, 3.63) is 29.8 Å². The maximum absolute atomic E-state index is 6.25. The molecule has 0 radical (unpaired) electrons. The number of rotatable bonds is 3. The fourth-order valence-electron chi connectivity index (χ4n) is 4.05. The molecule has 1 aliphatic carbocycles. The lowest BCUT2D eigenvalue weighted by atomic mass is 9.77. The van der Waals surface area contributed by atoms with Crippen LogP contribution in [0.25, 0.3) is 0 Å². The Morgan fingerprint density at radius 3 is 3.00 bits per heavy atom. The summed E-state index contributed by atoms with van der Waals surface area (Å²) in [7, 11) is 1.83. The highest BCUT2D eigenvalue weighted by molar-refractivity contribution is 5.57. The van der Waals surface area contributed by atoms with Crippen LogP contribution in [0.2, 0.25) is 0 Å². The highest BCUT2D eigenvalue weighted by Crippen LogP contribution is 2.40. The number of methoxy groups -OCH3 is 1. The molecule has 1 aromatic rings. The number of hydrogen-bond acceptors (Lipinski definition) is 3. The zero-order chi connectivity index (χ0) is 14.0. The molecular weight excluding hydrogens is 248 g/mol. The van der Waals surface area contributed by atoms with E-state index in [4.69, 9.17) is 10.5 Å². The minimum absolute atomic E-state index is 0.0927. The number of aryl methyl sites for hydroxylation is 1. The second-order valence-corrected chi connectivity index (χ2v) is 6.27. The van der Waals surface area contributed by atoms with Crippen molar-refractivity contribution in [1.82, 2.24) is 0 Å². The highest BCUT2D eigenvalue weighted by atomic mass is 16.5.